The van der Waals surface area contributed by atoms with E-state index >= 15 is 0 Å². The van der Waals surface area contributed by atoms with Gasteiger partial charge in [0.15, 0.2) is 0 Å². The molecule has 0 radical (unpaired) electrons. The Morgan fingerprint density at radius 2 is 2.19 bits per heavy atom. The second-order valence-electron chi connectivity index (χ2n) is 5.71. The minimum atomic E-state index is -4.19. The molecule has 0 spiro atoms. The molecule has 3 nitrogen and oxygen atoms in total. The number of aliphatic hydroxyl groups is 1. The van der Waals surface area contributed by atoms with Crippen molar-refractivity contribution in [3.05, 3.63) is 16.9 Å². The molecule has 0 aromatic carbocycles. The lowest BCUT2D eigenvalue weighted by atomic mass is 9.77. The number of rotatable bonds is 4. The van der Waals surface area contributed by atoms with Crippen molar-refractivity contribution in [2.45, 2.75) is 57.9 Å². The summed E-state index contributed by atoms with van der Waals surface area (Å²) in [7, 11) is 0. The summed E-state index contributed by atoms with van der Waals surface area (Å²) < 4.78 is 40.2. The Balaban J connectivity index is 2.16. The average Bonchev–Trinajstić information content (AvgIpc) is 2.79. The van der Waals surface area contributed by atoms with Crippen LogP contribution < -0.4 is 0 Å². The average molecular weight is 325 g/mol. The van der Waals surface area contributed by atoms with Crippen LogP contribution in [0.1, 0.15) is 50.8 Å². The predicted octanol–water partition coefficient (Wildman–Crippen LogP) is 4.35. The van der Waals surface area contributed by atoms with Crippen molar-refractivity contribution in [1.82, 2.24) is 9.78 Å². The Hall–Kier alpha value is -0.750. The van der Waals surface area contributed by atoms with Crippen molar-refractivity contribution in [3.8, 4) is 0 Å². The molecule has 1 aromatic heterocycles. The fourth-order valence-electron chi connectivity index (χ4n) is 3.09. The highest BCUT2D eigenvalue weighted by Gasteiger charge is 2.44. The molecule has 1 aromatic rings. The van der Waals surface area contributed by atoms with E-state index < -0.39 is 24.1 Å². The van der Waals surface area contributed by atoms with Crippen LogP contribution in [0.2, 0.25) is 5.02 Å². The summed E-state index contributed by atoms with van der Waals surface area (Å²) in [5.41, 5.74) is 0.450. The molecule has 7 heteroatoms. The molecule has 1 saturated carbocycles. The topological polar surface area (TPSA) is 38.0 Å². The van der Waals surface area contributed by atoms with Gasteiger partial charge in [0, 0.05) is 6.54 Å². The quantitative estimate of drug-likeness (QED) is 0.894. The van der Waals surface area contributed by atoms with Gasteiger partial charge < -0.3 is 5.11 Å². The molecule has 1 aliphatic carbocycles. The van der Waals surface area contributed by atoms with Crippen molar-refractivity contribution in [2.75, 3.05) is 0 Å². The Bertz CT molecular complexity index is 475. The second kappa shape index (κ2) is 6.57. The van der Waals surface area contributed by atoms with Gasteiger partial charge in [-0.1, -0.05) is 24.9 Å². The molecular formula is C14H20ClF3N2O. The lowest BCUT2D eigenvalue weighted by molar-refractivity contribution is -0.189. The first-order valence-corrected chi connectivity index (χ1v) is 7.68. The lowest BCUT2D eigenvalue weighted by Gasteiger charge is -2.33. The summed E-state index contributed by atoms with van der Waals surface area (Å²) >= 11 is 6.06. The molecule has 1 heterocycles. The summed E-state index contributed by atoms with van der Waals surface area (Å²) in [6.45, 7) is 2.56. The largest absolute Gasteiger partial charge is 0.391 e. The van der Waals surface area contributed by atoms with Gasteiger partial charge in [0.05, 0.1) is 28.9 Å². The van der Waals surface area contributed by atoms with Gasteiger partial charge in [0.25, 0.3) is 0 Å². The highest BCUT2D eigenvalue weighted by molar-refractivity contribution is 6.31. The van der Waals surface area contributed by atoms with Gasteiger partial charge in [-0.3, -0.25) is 4.68 Å². The Labute approximate surface area is 127 Å². The van der Waals surface area contributed by atoms with Crippen molar-refractivity contribution in [2.24, 2.45) is 11.8 Å². The van der Waals surface area contributed by atoms with Crippen LogP contribution in [0.3, 0.4) is 0 Å². The fourth-order valence-corrected chi connectivity index (χ4v) is 3.34. The number of aromatic nitrogens is 2. The van der Waals surface area contributed by atoms with Gasteiger partial charge in [-0.05, 0) is 31.6 Å². The van der Waals surface area contributed by atoms with E-state index in [9.17, 15) is 18.3 Å². The molecule has 0 bridgehead atoms. The summed E-state index contributed by atoms with van der Waals surface area (Å²) in [6.07, 6.45) is -1.75. The second-order valence-corrected chi connectivity index (χ2v) is 6.12. The number of aryl methyl sites for hydroxylation is 1. The van der Waals surface area contributed by atoms with Crippen molar-refractivity contribution < 1.29 is 18.3 Å². The molecule has 0 aliphatic heterocycles. The first-order valence-electron chi connectivity index (χ1n) is 7.30. The van der Waals surface area contributed by atoms with E-state index in [2.05, 4.69) is 5.10 Å². The Morgan fingerprint density at radius 3 is 2.81 bits per heavy atom. The standard InChI is InChI=1S/C14H20ClF3N2O/c1-2-6-20-12(11(15)8-19-20)13(21)9-4-3-5-10(7-9)14(16,17)18/h8-10,13,21H,2-7H2,1H3. The van der Waals surface area contributed by atoms with E-state index in [1.54, 1.807) is 4.68 Å². The lowest BCUT2D eigenvalue weighted by Crippen LogP contribution is -2.31. The number of halogens is 4. The number of aliphatic hydroxyl groups excluding tert-OH is 1. The van der Waals surface area contributed by atoms with E-state index in [1.165, 1.54) is 6.20 Å². The van der Waals surface area contributed by atoms with Crippen molar-refractivity contribution >= 4 is 11.6 Å². The minimum absolute atomic E-state index is 0.0434. The predicted molar refractivity (Wildman–Crippen MR) is 74.0 cm³/mol. The van der Waals surface area contributed by atoms with E-state index in [1.807, 2.05) is 6.92 Å². The monoisotopic (exact) mass is 324 g/mol. The molecule has 0 amide bonds. The van der Waals surface area contributed by atoms with Gasteiger partial charge in [0.1, 0.15) is 0 Å². The molecule has 3 atom stereocenters. The Kier molecular flexibility index (Phi) is 5.20. The maximum Gasteiger partial charge on any atom is 0.391 e. The maximum atomic E-state index is 12.9. The first kappa shape index (κ1) is 16.6. The van der Waals surface area contributed by atoms with Crippen LogP contribution in [-0.4, -0.2) is 21.1 Å². The first-order chi connectivity index (χ1) is 9.84. The molecule has 120 valence electrons. The van der Waals surface area contributed by atoms with Crippen LogP contribution in [0.5, 0.6) is 0 Å². The van der Waals surface area contributed by atoms with Crippen molar-refractivity contribution in [3.63, 3.8) is 0 Å². The number of nitrogens with zero attached hydrogens (tertiary/aromatic N) is 2. The zero-order valence-electron chi connectivity index (χ0n) is 11.9. The van der Waals surface area contributed by atoms with E-state index in [0.717, 1.165) is 6.42 Å². The molecule has 1 aliphatic rings. The molecular weight excluding hydrogens is 305 g/mol. The summed E-state index contributed by atoms with van der Waals surface area (Å²) in [4.78, 5) is 0. The number of alkyl halides is 3. The zero-order chi connectivity index (χ0) is 15.6. The number of hydrogen-bond donors (Lipinski definition) is 1. The summed E-state index contributed by atoms with van der Waals surface area (Å²) in [5.74, 6) is -1.75. The van der Waals surface area contributed by atoms with Crippen LogP contribution in [-0.2, 0) is 6.54 Å². The van der Waals surface area contributed by atoms with Gasteiger partial charge in [-0.25, -0.2) is 0 Å². The van der Waals surface area contributed by atoms with Gasteiger partial charge in [0.2, 0.25) is 0 Å². The van der Waals surface area contributed by atoms with Crippen LogP contribution in [0.4, 0.5) is 13.2 Å². The number of hydrogen-bond acceptors (Lipinski definition) is 2. The fraction of sp³-hybridized carbons (Fsp3) is 0.786. The normalized spacial score (nSPS) is 25.0. The van der Waals surface area contributed by atoms with Crippen LogP contribution >= 0.6 is 11.6 Å². The maximum absolute atomic E-state index is 12.9. The minimum Gasteiger partial charge on any atom is -0.386 e. The van der Waals surface area contributed by atoms with Crippen molar-refractivity contribution in [1.29, 1.82) is 0 Å². The SMILES string of the molecule is CCCn1ncc(Cl)c1C(O)C1CCCC(C(F)(F)F)C1. The Morgan fingerprint density at radius 1 is 1.48 bits per heavy atom. The van der Waals surface area contributed by atoms with Gasteiger partial charge in [-0.15, -0.1) is 0 Å². The van der Waals surface area contributed by atoms with Gasteiger partial charge >= 0.3 is 6.18 Å². The smallest absolute Gasteiger partial charge is 0.386 e. The summed E-state index contributed by atoms with van der Waals surface area (Å²) in [5, 5.41) is 14.9. The molecule has 2 rings (SSSR count). The van der Waals surface area contributed by atoms with E-state index in [0.29, 0.717) is 30.1 Å². The zero-order valence-corrected chi connectivity index (χ0v) is 12.7. The van der Waals surface area contributed by atoms with Crippen LogP contribution in [0.15, 0.2) is 6.20 Å². The van der Waals surface area contributed by atoms with Crippen LogP contribution in [0.25, 0.3) is 0 Å². The molecule has 0 saturated heterocycles. The molecule has 1 N–H and O–H groups in total. The third kappa shape index (κ3) is 3.72. The third-order valence-corrected chi connectivity index (χ3v) is 4.46. The molecule has 21 heavy (non-hydrogen) atoms. The summed E-state index contributed by atoms with van der Waals surface area (Å²) in [6, 6.07) is 0. The highest BCUT2D eigenvalue weighted by atomic mass is 35.5. The molecule has 1 fully saturated rings. The van der Waals surface area contributed by atoms with E-state index in [-0.39, 0.29) is 12.8 Å². The van der Waals surface area contributed by atoms with Gasteiger partial charge in [-0.2, -0.15) is 18.3 Å². The molecule has 3 unspecified atom stereocenters. The van der Waals surface area contributed by atoms with E-state index in [4.69, 9.17) is 11.6 Å². The van der Waals surface area contributed by atoms with Crippen LogP contribution in [0, 0.1) is 11.8 Å². The highest BCUT2D eigenvalue weighted by Crippen LogP contribution is 2.44. The third-order valence-electron chi connectivity index (χ3n) is 4.17.